The molecule has 0 aliphatic carbocycles. The first-order chi connectivity index (χ1) is 29.0. The predicted molar refractivity (Wildman–Crippen MR) is 252 cm³/mol. The lowest BCUT2D eigenvalue weighted by Gasteiger charge is -2.18. The van der Waals surface area contributed by atoms with E-state index in [4.69, 9.17) is 14.2 Å². The van der Waals surface area contributed by atoms with Crippen LogP contribution in [-0.2, 0) is 28.6 Å². The SMILES string of the molecule is CCCCC/C=C\C/C=C\C/C=C\CCCCC(=O)OC[C@@H](COC(=O)CCCCCCCCCCCCCCC)OC(=O)CCCCCCCCCCCCCCC. The lowest BCUT2D eigenvalue weighted by molar-refractivity contribution is -0.167. The third-order valence-corrected chi connectivity index (χ3v) is 11.1. The summed E-state index contributed by atoms with van der Waals surface area (Å²) >= 11 is 0. The van der Waals surface area contributed by atoms with Gasteiger partial charge in [0.2, 0.25) is 0 Å². The van der Waals surface area contributed by atoms with Gasteiger partial charge in [-0.2, -0.15) is 0 Å². The molecule has 0 aliphatic heterocycles. The molecule has 0 aromatic carbocycles. The fourth-order valence-corrected chi connectivity index (χ4v) is 7.27. The number of allylic oxidation sites excluding steroid dienone is 6. The van der Waals surface area contributed by atoms with Crippen molar-refractivity contribution < 1.29 is 28.6 Å². The maximum absolute atomic E-state index is 12.8. The van der Waals surface area contributed by atoms with Gasteiger partial charge in [-0.1, -0.05) is 224 Å². The second-order valence-electron chi connectivity index (χ2n) is 17.1. The summed E-state index contributed by atoms with van der Waals surface area (Å²) in [6, 6.07) is 0. The molecule has 0 aliphatic rings. The van der Waals surface area contributed by atoms with Crippen molar-refractivity contribution in [1.29, 1.82) is 0 Å². The third kappa shape index (κ3) is 46.5. The fraction of sp³-hybridized carbons (Fsp3) is 0.830. The van der Waals surface area contributed by atoms with E-state index in [1.807, 2.05) is 0 Å². The summed E-state index contributed by atoms with van der Waals surface area (Å²) in [5.41, 5.74) is 0. The topological polar surface area (TPSA) is 78.9 Å². The van der Waals surface area contributed by atoms with E-state index < -0.39 is 6.10 Å². The molecule has 0 rings (SSSR count). The molecule has 0 unspecified atom stereocenters. The Morgan fingerprint density at radius 2 is 0.610 bits per heavy atom. The number of unbranched alkanes of at least 4 members (excludes halogenated alkanes) is 29. The van der Waals surface area contributed by atoms with Gasteiger partial charge in [-0.05, 0) is 57.8 Å². The molecule has 1 atom stereocenters. The van der Waals surface area contributed by atoms with Crippen molar-refractivity contribution in [3.63, 3.8) is 0 Å². The van der Waals surface area contributed by atoms with Gasteiger partial charge in [0.25, 0.3) is 0 Å². The number of carbonyl (C=O) groups is 3. The van der Waals surface area contributed by atoms with Gasteiger partial charge in [0.15, 0.2) is 6.10 Å². The number of hydrogen-bond acceptors (Lipinski definition) is 6. The normalized spacial score (nSPS) is 12.3. The molecule has 0 fully saturated rings. The highest BCUT2D eigenvalue weighted by atomic mass is 16.6. The average molecular weight is 829 g/mol. The maximum Gasteiger partial charge on any atom is 0.306 e. The Balaban J connectivity index is 4.41. The molecule has 0 saturated heterocycles. The number of esters is 3. The first kappa shape index (κ1) is 56.6. The summed E-state index contributed by atoms with van der Waals surface area (Å²) in [5.74, 6) is -0.909. The summed E-state index contributed by atoms with van der Waals surface area (Å²) in [6.45, 7) is 6.59. The predicted octanol–water partition coefficient (Wildman–Crippen LogP) is 16.5. The molecule has 6 nitrogen and oxygen atoms in total. The van der Waals surface area contributed by atoms with Crippen LogP contribution in [0.3, 0.4) is 0 Å². The number of hydrogen-bond donors (Lipinski definition) is 0. The van der Waals surface area contributed by atoms with Crippen molar-refractivity contribution in [3.8, 4) is 0 Å². The van der Waals surface area contributed by atoms with Crippen molar-refractivity contribution in [2.24, 2.45) is 0 Å². The van der Waals surface area contributed by atoms with E-state index in [2.05, 4.69) is 57.2 Å². The molecule has 0 amide bonds. The number of rotatable bonds is 46. The van der Waals surface area contributed by atoms with Gasteiger partial charge in [-0.15, -0.1) is 0 Å². The van der Waals surface area contributed by atoms with Crippen molar-refractivity contribution in [3.05, 3.63) is 36.5 Å². The summed E-state index contributed by atoms with van der Waals surface area (Å²) in [7, 11) is 0. The fourth-order valence-electron chi connectivity index (χ4n) is 7.27. The van der Waals surface area contributed by atoms with Crippen LogP contribution >= 0.6 is 0 Å². The van der Waals surface area contributed by atoms with Crippen LogP contribution in [0.25, 0.3) is 0 Å². The standard InChI is InChI=1S/C53H96O6/c1-4-7-10-13-16-19-22-25-26-29-31-34-37-40-43-46-52(55)58-49-50(59-53(56)47-44-41-38-35-32-28-24-21-18-15-12-9-6-3)48-57-51(54)45-42-39-36-33-30-27-23-20-17-14-11-8-5-2/h16,19,25-26,31,34,50H,4-15,17-18,20-24,27-30,32-33,35-49H2,1-3H3/b19-16-,26-25-,34-31-/t50-/m1/s1. The van der Waals surface area contributed by atoms with Gasteiger partial charge in [-0.25, -0.2) is 0 Å². The summed E-state index contributed by atoms with van der Waals surface area (Å²) in [5, 5.41) is 0. The molecule has 0 heterocycles. The minimum Gasteiger partial charge on any atom is -0.462 e. The molecule has 0 radical (unpaired) electrons. The summed E-state index contributed by atoms with van der Waals surface area (Å²) in [6.07, 6.45) is 55.5. The minimum absolute atomic E-state index is 0.0800. The van der Waals surface area contributed by atoms with E-state index in [0.29, 0.717) is 19.3 Å². The molecule has 59 heavy (non-hydrogen) atoms. The second kappa shape index (κ2) is 48.3. The van der Waals surface area contributed by atoms with E-state index in [1.54, 1.807) is 0 Å². The van der Waals surface area contributed by atoms with Crippen molar-refractivity contribution in [2.75, 3.05) is 13.2 Å². The molecule has 0 saturated carbocycles. The lowest BCUT2D eigenvalue weighted by atomic mass is 10.0. The first-order valence-corrected chi connectivity index (χ1v) is 25.5. The summed E-state index contributed by atoms with van der Waals surface area (Å²) in [4.78, 5) is 37.9. The van der Waals surface area contributed by atoms with Crippen LogP contribution in [0.5, 0.6) is 0 Å². The molecular formula is C53H96O6. The third-order valence-electron chi connectivity index (χ3n) is 11.1. The maximum atomic E-state index is 12.8. The van der Waals surface area contributed by atoms with Crippen LogP contribution in [0.4, 0.5) is 0 Å². The van der Waals surface area contributed by atoms with Crippen LogP contribution in [0.1, 0.15) is 265 Å². The van der Waals surface area contributed by atoms with Gasteiger partial charge in [-0.3, -0.25) is 14.4 Å². The molecule has 0 bridgehead atoms. The van der Waals surface area contributed by atoms with Crippen LogP contribution in [0.15, 0.2) is 36.5 Å². The Morgan fingerprint density at radius 1 is 0.339 bits per heavy atom. The minimum atomic E-state index is -0.781. The van der Waals surface area contributed by atoms with Crippen LogP contribution in [0.2, 0.25) is 0 Å². The van der Waals surface area contributed by atoms with Gasteiger partial charge in [0, 0.05) is 19.3 Å². The Hall–Kier alpha value is -2.37. The van der Waals surface area contributed by atoms with Crippen molar-refractivity contribution in [1.82, 2.24) is 0 Å². The van der Waals surface area contributed by atoms with E-state index in [1.165, 1.54) is 154 Å². The molecule has 0 aromatic rings. The smallest absolute Gasteiger partial charge is 0.306 e. The zero-order valence-electron chi connectivity index (χ0n) is 39.3. The van der Waals surface area contributed by atoms with Crippen LogP contribution < -0.4 is 0 Å². The highest BCUT2D eigenvalue weighted by Gasteiger charge is 2.19. The van der Waals surface area contributed by atoms with Crippen LogP contribution in [-0.4, -0.2) is 37.2 Å². The number of ether oxygens (including phenoxy) is 3. The average Bonchev–Trinajstić information content (AvgIpc) is 3.23. The van der Waals surface area contributed by atoms with Crippen molar-refractivity contribution in [2.45, 2.75) is 271 Å². The molecule has 0 spiro atoms. The summed E-state index contributed by atoms with van der Waals surface area (Å²) < 4.78 is 16.8. The van der Waals surface area contributed by atoms with Gasteiger partial charge >= 0.3 is 17.9 Å². The van der Waals surface area contributed by atoms with E-state index >= 15 is 0 Å². The highest BCUT2D eigenvalue weighted by Crippen LogP contribution is 2.15. The molecule has 344 valence electrons. The molecular weight excluding hydrogens is 733 g/mol. The Labute approximate surface area is 365 Å². The largest absolute Gasteiger partial charge is 0.462 e. The number of carbonyl (C=O) groups excluding carboxylic acids is 3. The zero-order valence-corrected chi connectivity index (χ0v) is 39.3. The first-order valence-electron chi connectivity index (χ1n) is 25.5. The van der Waals surface area contributed by atoms with E-state index in [0.717, 1.165) is 70.6 Å². The molecule has 6 heteroatoms. The van der Waals surface area contributed by atoms with Crippen molar-refractivity contribution >= 4 is 17.9 Å². The quantitative estimate of drug-likeness (QED) is 0.0263. The van der Waals surface area contributed by atoms with E-state index in [9.17, 15) is 14.4 Å². The Bertz CT molecular complexity index is 1000. The second-order valence-corrected chi connectivity index (χ2v) is 17.1. The van der Waals surface area contributed by atoms with Crippen LogP contribution in [0, 0.1) is 0 Å². The monoisotopic (exact) mass is 829 g/mol. The van der Waals surface area contributed by atoms with E-state index in [-0.39, 0.29) is 31.1 Å². The Kier molecular flexibility index (Phi) is 46.4. The molecule has 0 N–H and O–H groups in total. The van der Waals surface area contributed by atoms with Gasteiger partial charge in [0.05, 0.1) is 0 Å². The molecule has 0 aromatic heterocycles. The lowest BCUT2D eigenvalue weighted by Crippen LogP contribution is -2.30. The van der Waals surface area contributed by atoms with Gasteiger partial charge < -0.3 is 14.2 Å². The highest BCUT2D eigenvalue weighted by molar-refractivity contribution is 5.71. The zero-order chi connectivity index (χ0) is 43.0. The Morgan fingerprint density at radius 3 is 0.983 bits per heavy atom. The van der Waals surface area contributed by atoms with Gasteiger partial charge in [0.1, 0.15) is 13.2 Å².